The lowest BCUT2D eigenvalue weighted by Gasteiger charge is -2.19. The van der Waals surface area contributed by atoms with E-state index in [0.717, 1.165) is 126 Å². The van der Waals surface area contributed by atoms with Crippen molar-refractivity contribution in [3.8, 4) is 0 Å². The number of nitrogens with one attached hydrogen (secondary N) is 5. The summed E-state index contributed by atoms with van der Waals surface area (Å²) in [5, 5.41) is 71.6. The largest absolute Gasteiger partial charge is 0.478 e. The number of nitro benzene ring substituents is 2. The molecule has 0 saturated carbocycles. The topological polar surface area (TPSA) is 692 Å². The first-order chi connectivity index (χ1) is 60.6. The number of hydrogen-bond donors (Lipinski definition) is 14. The van der Waals surface area contributed by atoms with Gasteiger partial charge in [0.2, 0.25) is 11.6 Å². The summed E-state index contributed by atoms with van der Waals surface area (Å²) >= 11 is 0. The van der Waals surface area contributed by atoms with Crippen molar-refractivity contribution < 1.29 is 179 Å². The zero-order valence-electron chi connectivity index (χ0n) is 67.4. The van der Waals surface area contributed by atoms with Crippen LogP contribution in [0.2, 0.25) is 0 Å². The van der Waals surface area contributed by atoms with Gasteiger partial charge in [0.15, 0.2) is 16.6 Å². The number of aliphatic hydroxyl groups excluding tert-OH is 2. The fourth-order valence-electron chi connectivity index (χ4n) is 9.59. The molecule has 44 nitrogen and oxygen atoms in total. The van der Waals surface area contributed by atoms with Gasteiger partial charge in [-0.15, -0.1) is 0 Å². The minimum absolute atomic E-state index is 0.0550. The molecule has 0 unspecified atom stereocenters. The number of aromatic carboxylic acids is 4. The summed E-state index contributed by atoms with van der Waals surface area (Å²) in [5.74, 6) is -16.6. The summed E-state index contributed by atoms with van der Waals surface area (Å²) in [7, 11) is 2.06. The van der Waals surface area contributed by atoms with E-state index in [-0.39, 0.29) is 114 Å². The summed E-state index contributed by atoms with van der Waals surface area (Å²) in [6.07, 6.45) is 0.853. The molecule has 1 aliphatic rings. The molecular weight excluding hydrogens is 1780 g/mol. The first-order valence-electron chi connectivity index (χ1n) is 34.6. The molecule has 0 aliphatic carbocycles. The maximum Gasteiger partial charge on any atom is 0.394 e. The maximum absolute atomic E-state index is 13.9. The van der Waals surface area contributed by atoms with E-state index in [2.05, 4.69) is 50.1 Å². The highest BCUT2D eigenvalue weighted by Crippen LogP contribution is 2.32. The predicted molar refractivity (Wildman–Crippen MR) is 430 cm³/mol. The van der Waals surface area contributed by atoms with Crippen molar-refractivity contribution in [3.05, 3.63) is 277 Å². The number of carboxylic acids is 4. The molecule has 688 valence electrons. The number of nitrogen functional groups attached to an aromatic ring is 1. The van der Waals surface area contributed by atoms with E-state index in [1.165, 1.54) is 44.6 Å². The van der Waals surface area contributed by atoms with E-state index < -0.39 is 166 Å². The monoisotopic (exact) mass is 1850 g/mol. The van der Waals surface area contributed by atoms with E-state index in [4.69, 9.17) is 68.1 Å². The van der Waals surface area contributed by atoms with Crippen molar-refractivity contribution >= 4 is 143 Å². The number of esters is 7. The molecule has 7 aromatic carbocycles. The molecule has 52 heteroatoms. The molecule has 10 aromatic rings. The Hall–Kier alpha value is -16.8. The number of H-pyrrole nitrogens is 2. The number of pyridine rings is 3. The first kappa shape index (κ1) is 108. The molecule has 0 atom stereocenters. The highest BCUT2D eigenvalue weighted by Gasteiger charge is 2.27. The van der Waals surface area contributed by atoms with Gasteiger partial charge in [-0.3, -0.25) is 54.6 Å². The number of fused-ring (bicyclic) bond motifs is 2. The number of benzene rings is 7. The van der Waals surface area contributed by atoms with Gasteiger partial charge in [0.1, 0.15) is 51.7 Å². The Bertz CT molecular complexity index is 6210. The van der Waals surface area contributed by atoms with Crippen molar-refractivity contribution in [1.29, 1.82) is 0 Å². The number of carboxylic acid groups (broad SMARTS) is 4. The van der Waals surface area contributed by atoms with Gasteiger partial charge < -0.3 is 84.8 Å². The predicted octanol–water partition coefficient (Wildman–Crippen LogP) is 8.58. The number of aromatic nitrogens is 3. The third-order valence-corrected chi connectivity index (χ3v) is 15.0. The first-order valence-corrected chi connectivity index (χ1v) is 36.0. The normalized spacial score (nSPS) is 10.4. The molecule has 129 heavy (non-hydrogen) atoms. The summed E-state index contributed by atoms with van der Waals surface area (Å²) in [6, 6.07) is 21.6. The Morgan fingerprint density at radius 1 is 0.473 bits per heavy atom. The van der Waals surface area contributed by atoms with Crippen molar-refractivity contribution in [2.24, 2.45) is 0 Å². The van der Waals surface area contributed by atoms with E-state index in [1.807, 2.05) is 0 Å². The average molecular weight is 1850 g/mol. The van der Waals surface area contributed by atoms with Crippen LogP contribution >= 0.6 is 0 Å². The summed E-state index contributed by atoms with van der Waals surface area (Å²) in [6.45, 7) is 5.07. The molecule has 0 saturated heterocycles. The number of hydrogen-bond acceptors (Lipinski definition) is 33. The third-order valence-electron chi connectivity index (χ3n) is 15.0. The summed E-state index contributed by atoms with van der Waals surface area (Å²) < 4.78 is 157. The molecule has 11 rings (SSSR count). The number of aliphatic hydroxyl groups is 2. The molecule has 0 radical (unpaired) electrons. The van der Waals surface area contributed by atoms with Gasteiger partial charge >= 0.3 is 87.4 Å². The molecule has 3 aromatic heterocycles. The third kappa shape index (κ3) is 31.8. The van der Waals surface area contributed by atoms with Crippen LogP contribution in [0.15, 0.2) is 149 Å². The Morgan fingerprint density at radius 2 is 0.891 bits per heavy atom. The second kappa shape index (κ2) is 51.4. The number of amides is 1. The van der Waals surface area contributed by atoms with E-state index >= 15 is 0 Å². The van der Waals surface area contributed by atoms with Crippen LogP contribution in [0.1, 0.15) is 125 Å². The van der Waals surface area contributed by atoms with Gasteiger partial charge in [-0.1, -0.05) is 0 Å². The molecule has 0 fully saturated rings. The second-order valence-corrected chi connectivity index (χ2v) is 23.9. The molecule has 15 N–H and O–H groups in total. The number of nitrogens with zero attached hydrogens (tertiary/aromatic N) is 3. The van der Waals surface area contributed by atoms with Crippen LogP contribution in [0, 0.1) is 60.9 Å². The van der Waals surface area contributed by atoms with Crippen LogP contribution in [-0.2, 0) is 53.1 Å². The zero-order valence-corrected chi connectivity index (χ0v) is 68.2. The van der Waals surface area contributed by atoms with Crippen molar-refractivity contribution in [1.82, 2.24) is 20.4 Å². The number of methoxy groups -OCH3 is 4. The van der Waals surface area contributed by atoms with Crippen LogP contribution in [0.5, 0.6) is 0 Å². The van der Waals surface area contributed by atoms with Crippen LogP contribution in [0.4, 0.5) is 59.2 Å². The molecule has 0 bridgehead atoms. The van der Waals surface area contributed by atoms with Gasteiger partial charge in [0.25, 0.3) is 5.91 Å². The van der Waals surface area contributed by atoms with Crippen molar-refractivity contribution in [3.63, 3.8) is 0 Å². The van der Waals surface area contributed by atoms with Crippen molar-refractivity contribution in [2.75, 3.05) is 79.0 Å². The standard InChI is InChI=1S/C16H18FNO6.C14H12FNO5.C11H6FN3O3.C11H6FNO5.C8H6FNO4.C8H8FNO2.C7H4FNO4.2CH4O.H2O4S/c1-4-23-14(19)9-13(16(21)24-5-2)18-12-8-10(15(20)22-3)6-7-11(12)17;1-3-21-14(19)9-6-10(17)11-7(13(18)20-2)4-5-8(15)12(11)16-9;12-5-2-1-4-8-6(14-15-10(4)16)3-7(11(17)18)13-9(5)8;12-5-2-1-4(10(15)16)8-7(14)3-6(11(17)18)13-9(5)8;1-14-8(11)5-2-3-6(9)7(4-5)10(12)13;1-12-8(11)5-2-3-6(9)7(10)4-5;8-5-2-1-4(7(10)11)3-6(5)9(12)13;2*1-2;1-5(2,3)4/h6-9,18H,4-5H2,1-3H3;4-6H,3H2,1-2H3,(H,16,17);1-3,14H,(H,15,16)(H,17,18);1-3H,(H,13,14)(H,15,16)(H,17,18);2-4H,1H3;2-4H,10H2,1H3;1-3H,(H,10,11);2*2H,1H3;(H2,1,2,3,4)/b13-9+;;;;;;;;;. The molecule has 1 aliphatic heterocycles. The Morgan fingerprint density at radius 3 is 1.34 bits per heavy atom. The quantitative estimate of drug-likeness (QED) is 0.00558. The second-order valence-electron chi connectivity index (χ2n) is 23.0. The molecule has 0 spiro atoms. The Labute approximate surface area is 716 Å². The van der Waals surface area contributed by atoms with Crippen LogP contribution in [0.25, 0.3) is 32.7 Å². The van der Waals surface area contributed by atoms with Gasteiger partial charge in [-0.2, -0.15) is 17.2 Å². The van der Waals surface area contributed by atoms with Crippen LogP contribution < -0.4 is 32.8 Å². The fourth-order valence-corrected chi connectivity index (χ4v) is 9.59. The zero-order chi connectivity index (χ0) is 98.4. The molecule has 1 amide bonds. The minimum atomic E-state index is -4.67. The lowest BCUT2D eigenvalue weighted by atomic mass is 10.0. The summed E-state index contributed by atoms with van der Waals surface area (Å²) in [5.41, 5.74) is 4.69. The number of ether oxygens (including phenoxy) is 7. The summed E-state index contributed by atoms with van der Waals surface area (Å²) in [4.78, 5) is 185. The number of rotatable bonds is 18. The number of nitro groups is 2. The van der Waals surface area contributed by atoms with Gasteiger partial charge in [-0.05, 0) is 124 Å². The molecule has 4 heterocycles. The SMILES string of the molecule is CCOC(=O)/C=C(/Nc1cc(C(=O)OC)ccc1F)C(=O)OCC.CCOC(=O)c1cc(=O)c2c(C(=O)OC)ccc(F)c2[nH]1.CO.CO.COC(=O)c1ccc(F)c(N)c1.COC(=O)c1ccc(F)c([N+](=O)[O-])c1.O=C(O)c1cc(=O)c2c(C(=O)O)ccc(F)c2[nH]1.O=C(O)c1cc2c3c(ccc(F)c3n1)C(=O)NN2.O=C(O)c1ccc(F)c([N+](=O)[O-])c1.O=S(=O)(O)O. The van der Waals surface area contributed by atoms with Crippen molar-refractivity contribution in [2.45, 2.75) is 20.8 Å². The number of nitrogens with two attached hydrogens (primary N) is 1. The Balaban J connectivity index is 0.000000506. The average Bonchev–Trinajstić information content (AvgIpc) is 0.761. The van der Waals surface area contributed by atoms with E-state index in [0.29, 0.717) is 11.8 Å². The van der Waals surface area contributed by atoms with Gasteiger partial charge in [0, 0.05) is 43.9 Å². The lowest BCUT2D eigenvalue weighted by molar-refractivity contribution is -0.387. The smallest absolute Gasteiger partial charge is 0.394 e. The Kier molecular flexibility index (Phi) is 43.1. The van der Waals surface area contributed by atoms with Crippen LogP contribution in [0.3, 0.4) is 0 Å². The lowest BCUT2D eigenvalue weighted by Crippen LogP contribution is -2.33. The number of halogens is 7. The van der Waals surface area contributed by atoms with E-state index in [9.17, 15) is 118 Å². The molecular formula is C77H70F7N9O35S. The van der Waals surface area contributed by atoms with Gasteiger partial charge in [-0.25, -0.2) is 79.7 Å². The fraction of sp³-hybridized carbons (Fsp3) is 0.156. The number of aromatic amines is 2. The number of anilines is 3. The number of carbonyl (C=O) groups is 12. The number of carbonyl (C=O) groups excluding carboxylic acids is 8. The van der Waals surface area contributed by atoms with Gasteiger partial charge in [0.05, 0.1) is 142 Å². The minimum Gasteiger partial charge on any atom is -0.478 e. The maximum atomic E-state index is 13.9. The highest BCUT2D eigenvalue weighted by molar-refractivity contribution is 7.79. The highest BCUT2D eigenvalue weighted by atomic mass is 32.3. The van der Waals surface area contributed by atoms with E-state index in [1.54, 1.807) is 20.8 Å². The number of hydrazine groups is 1. The van der Waals surface area contributed by atoms with Crippen LogP contribution in [-0.4, -0.2) is 207 Å².